The summed E-state index contributed by atoms with van der Waals surface area (Å²) in [5, 5.41) is 8.90. The molecule has 2 aromatic rings. The van der Waals surface area contributed by atoms with Gasteiger partial charge in [0, 0.05) is 11.8 Å². The Balaban J connectivity index is 1.67. The predicted molar refractivity (Wildman–Crippen MR) is 107 cm³/mol. The third-order valence-corrected chi connectivity index (χ3v) is 4.56. The molecule has 0 saturated carbocycles. The van der Waals surface area contributed by atoms with Gasteiger partial charge in [-0.15, -0.1) is 11.8 Å². The maximum atomic E-state index is 12.1. The highest BCUT2D eigenvalue weighted by Gasteiger charge is 2.18. The summed E-state index contributed by atoms with van der Waals surface area (Å²) in [5.74, 6) is -0.393. The van der Waals surface area contributed by atoms with Crippen LogP contribution >= 0.6 is 11.8 Å². The molecule has 0 aliphatic carbocycles. The molecule has 0 aliphatic heterocycles. The average Bonchev–Trinajstić information content (AvgIpc) is 3.06. The number of nitrogens with one attached hydrogen (secondary N) is 2. The van der Waals surface area contributed by atoms with E-state index >= 15 is 0 Å². The molecule has 1 aromatic heterocycles. The van der Waals surface area contributed by atoms with Gasteiger partial charge in [0.1, 0.15) is 5.76 Å². The molecule has 1 unspecified atom stereocenters. The lowest BCUT2D eigenvalue weighted by molar-refractivity contribution is -0.150. The van der Waals surface area contributed by atoms with Crippen molar-refractivity contribution in [1.82, 2.24) is 5.16 Å². The van der Waals surface area contributed by atoms with Gasteiger partial charge in [-0.3, -0.25) is 14.4 Å². The van der Waals surface area contributed by atoms with Crippen molar-refractivity contribution in [2.45, 2.75) is 33.3 Å². The highest BCUT2D eigenvalue weighted by atomic mass is 32.2. The molecule has 9 heteroatoms. The van der Waals surface area contributed by atoms with E-state index in [-0.39, 0.29) is 17.4 Å². The molecule has 0 spiro atoms. The Kier molecular flexibility index (Phi) is 8.06. The van der Waals surface area contributed by atoms with E-state index in [4.69, 9.17) is 9.26 Å². The molecule has 0 radical (unpaired) electrons. The zero-order valence-corrected chi connectivity index (χ0v) is 16.8. The van der Waals surface area contributed by atoms with Gasteiger partial charge < -0.3 is 19.9 Å². The number of thioether (sulfide) groups is 1. The summed E-state index contributed by atoms with van der Waals surface area (Å²) in [6.07, 6.45) is -0.0261. The number of hydrogen-bond donors (Lipinski definition) is 2. The second-order valence-electron chi connectivity index (χ2n) is 6.04. The number of anilines is 2. The fourth-order valence-electron chi connectivity index (χ4n) is 2.18. The van der Waals surface area contributed by atoms with E-state index in [9.17, 15) is 14.4 Å². The van der Waals surface area contributed by atoms with Gasteiger partial charge in [-0.2, -0.15) is 0 Å². The summed E-state index contributed by atoms with van der Waals surface area (Å²) >= 11 is 1.08. The summed E-state index contributed by atoms with van der Waals surface area (Å²) in [5.41, 5.74) is 1.80. The summed E-state index contributed by atoms with van der Waals surface area (Å²) in [7, 11) is 0. The fourth-order valence-corrected chi connectivity index (χ4v) is 2.78. The fraction of sp³-hybridized carbons (Fsp3) is 0.368. The smallest absolute Gasteiger partial charge is 0.316 e. The molecule has 0 fully saturated rings. The topological polar surface area (TPSA) is 111 Å². The molecule has 8 nitrogen and oxygen atoms in total. The molecule has 1 atom stereocenters. The third-order valence-electron chi connectivity index (χ3n) is 3.66. The molecule has 0 saturated heterocycles. The Morgan fingerprint density at radius 2 is 1.89 bits per heavy atom. The Labute approximate surface area is 167 Å². The van der Waals surface area contributed by atoms with Gasteiger partial charge in [-0.25, -0.2) is 0 Å². The van der Waals surface area contributed by atoms with E-state index in [1.54, 1.807) is 25.1 Å². The van der Waals surface area contributed by atoms with Crippen LogP contribution in [0.3, 0.4) is 0 Å². The summed E-state index contributed by atoms with van der Waals surface area (Å²) < 4.78 is 9.95. The highest BCUT2D eigenvalue weighted by molar-refractivity contribution is 8.00. The quantitative estimate of drug-likeness (QED) is 0.617. The Morgan fingerprint density at radius 3 is 2.50 bits per heavy atom. The van der Waals surface area contributed by atoms with Crippen molar-refractivity contribution in [1.29, 1.82) is 0 Å². The van der Waals surface area contributed by atoms with E-state index < -0.39 is 18.0 Å². The number of carbonyl (C=O) groups excluding carboxylic acids is 3. The first-order chi connectivity index (χ1) is 13.4. The molecule has 1 aromatic carbocycles. The minimum Gasteiger partial charge on any atom is -0.452 e. The minimum atomic E-state index is -0.939. The number of hydrogen-bond acceptors (Lipinski definition) is 7. The molecule has 1 heterocycles. The summed E-state index contributed by atoms with van der Waals surface area (Å²) in [6, 6.07) is 9.04. The zero-order valence-electron chi connectivity index (χ0n) is 16.0. The Hall–Kier alpha value is -2.81. The first kappa shape index (κ1) is 21.5. The molecule has 150 valence electrons. The molecule has 2 amide bonds. The van der Waals surface area contributed by atoms with Crippen molar-refractivity contribution in [2.75, 3.05) is 22.1 Å². The number of benzene rings is 1. The van der Waals surface area contributed by atoms with Gasteiger partial charge in [-0.05, 0) is 38.0 Å². The van der Waals surface area contributed by atoms with Crippen molar-refractivity contribution >= 4 is 41.1 Å². The summed E-state index contributed by atoms with van der Waals surface area (Å²) in [4.78, 5) is 35.7. The lowest BCUT2D eigenvalue weighted by Gasteiger charge is -2.13. The van der Waals surface area contributed by atoms with Crippen molar-refractivity contribution in [3.05, 3.63) is 41.7 Å². The van der Waals surface area contributed by atoms with Crippen molar-refractivity contribution in [3.63, 3.8) is 0 Å². The van der Waals surface area contributed by atoms with E-state index in [2.05, 4.69) is 15.8 Å². The second kappa shape index (κ2) is 10.5. The molecule has 0 bridgehead atoms. The van der Waals surface area contributed by atoms with E-state index in [0.29, 0.717) is 17.3 Å². The molecule has 28 heavy (non-hydrogen) atoms. The van der Waals surface area contributed by atoms with Crippen LogP contribution in [0, 0.1) is 6.92 Å². The van der Waals surface area contributed by atoms with Crippen LogP contribution in [-0.2, 0) is 25.5 Å². The van der Waals surface area contributed by atoms with Gasteiger partial charge >= 0.3 is 5.97 Å². The lowest BCUT2D eigenvalue weighted by atomic mass is 10.1. The van der Waals surface area contributed by atoms with Crippen LogP contribution in [0.2, 0.25) is 0 Å². The normalized spacial score (nSPS) is 11.5. The van der Waals surface area contributed by atoms with Crippen LogP contribution in [-0.4, -0.2) is 40.6 Å². The van der Waals surface area contributed by atoms with Crippen LogP contribution < -0.4 is 10.6 Å². The molecular weight excluding hydrogens is 382 g/mol. The second-order valence-corrected chi connectivity index (χ2v) is 7.02. The molecule has 0 aliphatic rings. The highest BCUT2D eigenvalue weighted by Crippen LogP contribution is 2.12. The Morgan fingerprint density at radius 1 is 1.18 bits per heavy atom. The molecular formula is C19H23N3O5S. The van der Waals surface area contributed by atoms with Gasteiger partial charge in [-0.1, -0.05) is 24.2 Å². The van der Waals surface area contributed by atoms with Crippen LogP contribution in [0.25, 0.3) is 0 Å². The number of esters is 1. The van der Waals surface area contributed by atoms with E-state index in [1.165, 1.54) is 6.92 Å². The predicted octanol–water partition coefficient (Wildman–Crippen LogP) is 2.79. The number of ether oxygens (including phenoxy) is 1. The van der Waals surface area contributed by atoms with Crippen molar-refractivity contribution < 1.29 is 23.6 Å². The van der Waals surface area contributed by atoms with Crippen LogP contribution in [0.1, 0.15) is 25.2 Å². The number of rotatable bonds is 9. The largest absolute Gasteiger partial charge is 0.452 e. The molecule has 2 rings (SSSR count). The number of nitrogens with zero attached hydrogens (tertiary/aromatic N) is 1. The van der Waals surface area contributed by atoms with E-state index in [1.807, 2.05) is 19.1 Å². The standard InChI is InChI=1S/C19H23N3O5S/c1-4-14-5-7-15(8-6-14)20-19(25)13(3)26-18(24)11-28-10-17(23)21-16-9-12(2)27-22-16/h5-9,13H,4,10-11H2,1-3H3,(H,20,25)(H,21,22,23). The number of carbonyl (C=O) groups is 3. The zero-order chi connectivity index (χ0) is 20.5. The number of aromatic nitrogens is 1. The monoisotopic (exact) mass is 405 g/mol. The van der Waals surface area contributed by atoms with Gasteiger partial charge in [0.15, 0.2) is 11.9 Å². The lowest BCUT2D eigenvalue weighted by Crippen LogP contribution is -2.30. The third kappa shape index (κ3) is 7.07. The summed E-state index contributed by atoms with van der Waals surface area (Å²) in [6.45, 7) is 5.26. The van der Waals surface area contributed by atoms with Gasteiger partial charge in [0.2, 0.25) is 5.91 Å². The van der Waals surface area contributed by atoms with Gasteiger partial charge in [0.25, 0.3) is 5.91 Å². The average molecular weight is 405 g/mol. The van der Waals surface area contributed by atoms with Crippen molar-refractivity contribution in [3.8, 4) is 0 Å². The number of aryl methyl sites for hydroxylation is 2. The minimum absolute atomic E-state index is 0.0470. The SMILES string of the molecule is CCc1ccc(NC(=O)C(C)OC(=O)CSCC(=O)Nc2cc(C)on2)cc1. The first-order valence-corrected chi connectivity index (χ1v) is 9.93. The maximum Gasteiger partial charge on any atom is 0.316 e. The van der Waals surface area contributed by atoms with E-state index in [0.717, 1.165) is 23.7 Å². The van der Waals surface area contributed by atoms with Crippen molar-refractivity contribution in [2.24, 2.45) is 0 Å². The van der Waals surface area contributed by atoms with Gasteiger partial charge in [0.05, 0.1) is 11.5 Å². The van der Waals surface area contributed by atoms with Crippen LogP contribution in [0.4, 0.5) is 11.5 Å². The Bertz CT molecular complexity index is 819. The molecule has 2 N–H and O–H groups in total. The van der Waals surface area contributed by atoms with Crippen LogP contribution in [0.5, 0.6) is 0 Å². The maximum absolute atomic E-state index is 12.1. The first-order valence-electron chi connectivity index (χ1n) is 8.77. The number of amides is 2. The van der Waals surface area contributed by atoms with Crippen LogP contribution in [0.15, 0.2) is 34.9 Å².